The molecule has 1 aliphatic carbocycles. The molecule has 0 fully saturated rings. The molecule has 296 valence electrons. The second-order valence-corrected chi connectivity index (χ2v) is 19.7. The van der Waals surface area contributed by atoms with Crippen LogP contribution in [0.5, 0.6) is 11.5 Å². The van der Waals surface area contributed by atoms with Crippen molar-refractivity contribution in [2.45, 2.75) is 163 Å². The summed E-state index contributed by atoms with van der Waals surface area (Å²) in [5, 5.41) is 30.1. The third kappa shape index (κ3) is 9.89. The molecule has 4 aromatic rings. The van der Waals surface area contributed by atoms with Gasteiger partial charge in [0.1, 0.15) is 17.3 Å². The van der Waals surface area contributed by atoms with Crippen LogP contribution < -0.4 is 10.6 Å². The number of rotatable bonds is 12. The van der Waals surface area contributed by atoms with Crippen LogP contribution in [-0.4, -0.2) is 25.2 Å². The number of hydrogen-bond acceptors (Lipinski definition) is 7. The molecule has 0 saturated carbocycles. The van der Waals surface area contributed by atoms with Crippen molar-refractivity contribution in [2.24, 2.45) is 0 Å². The molecule has 4 N–H and O–H groups in total. The Morgan fingerprint density at radius 1 is 0.564 bits per heavy atom. The largest absolute Gasteiger partial charge is 0.507 e. The number of aromatic hydroxyl groups is 2. The maximum Gasteiger partial charge on any atom is 0.232 e. The molecule has 7 heteroatoms. The smallest absolute Gasteiger partial charge is 0.232 e. The van der Waals surface area contributed by atoms with Gasteiger partial charge >= 0.3 is 0 Å². The lowest BCUT2D eigenvalue weighted by molar-refractivity contribution is 0.422. The molecule has 0 saturated heterocycles. The number of aromatic nitrogens is 3. The first-order valence-corrected chi connectivity index (χ1v) is 20.4. The van der Waals surface area contributed by atoms with Gasteiger partial charge in [-0.3, -0.25) is 0 Å². The fourth-order valence-corrected chi connectivity index (χ4v) is 7.61. The molecule has 0 aliphatic heterocycles. The summed E-state index contributed by atoms with van der Waals surface area (Å²) in [4.78, 5) is 15.4. The van der Waals surface area contributed by atoms with Crippen molar-refractivity contribution in [3.05, 3.63) is 93.3 Å². The van der Waals surface area contributed by atoms with Gasteiger partial charge in [-0.25, -0.2) is 0 Å². The van der Waals surface area contributed by atoms with E-state index in [1.165, 1.54) is 48.8 Å². The lowest BCUT2D eigenvalue weighted by Crippen LogP contribution is -2.18. The van der Waals surface area contributed by atoms with Gasteiger partial charge in [0.2, 0.25) is 11.9 Å². The second kappa shape index (κ2) is 16.0. The lowest BCUT2D eigenvalue weighted by Gasteiger charge is -2.28. The summed E-state index contributed by atoms with van der Waals surface area (Å²) >= 11 is 0. The Morgan fingerprint density at radius 3 is 1.42 bits per heavy atom. The Hall–Kier alpha value is -4.39. The molecule has 1 heterocycles. The monoisotopic (exact) mass is 746 g/mol. The number of unbranched alkanes of at least 4 members (excludes halogenated alkanes) is 5. The Labute approximate surface area is 331 Å². The number of benzene rings is 3. The molecule has 3 aromatic carbocycles. The number of allylic oxidation sites excluding steroid dienone is 1. The zero-order chi connectivity index (χ0) is 40.5. The Kier molecular flexibility index (Phi) is 12.1. The minimum absolute atomic E-state index is 0.110. The standard InChI is InChI=1S/C48H67N5O2/c1-14-15-16-17-18-19-23-31-25-30-22-20-21-24-34(30)39(31)42-51-43(49-32-26-35(45(2,3)4)40(54)36(27-32)46(5,6)7)53-44(52-42)50-33-28-37(47(8,9)10)41(55)38(29-33)48(11,12)13/h20-22,24-29,39,54-55H,14-19,23H2,1-13H3,(H2,49,50,51,52,53). The highest BCUT2D eigenvalue weighted by Gasteiger charge is 2.32. The topological polar surface area (TPSA) is 103 Å². The van der Waals surface area contributed by atoms with Gasteiger partial charge in [-0.2, -0.15) is 15.0 Å². The van der Waals surface area contributed by atoms with Gasteiger partial charge in [-0.1, -0.05) is 158 Å². The van der Waals surface area contributed by atoms with Crippen LogP contribution in [-0.2, 0) is 21.7 Å². The van der Waals surface area contributed by atoms with E-state index >= 15 is 0 Å². The predicted molar refractivity (Wildman–Crippen MR) is 232 cm³/mol. The zero-order valence-electron chi connectivity index (χ0n) is 36.0. The van der Waals surface area contributed by atoms with Crippen LogP contribution in [0.1, 0.15) is 180 Å². The number of fused-ring (bicyclic) bond motifs is 1. The average molecular weight is 746 g/mol. The maximum atomic E-state index is 11.5. The van der Waals surface area contributed by atoms with E-state index in [1.54, 1.807) is 0 Å². The highest BCUT2D eigenvalue weighted by atomic mass is 16.3. The minimum Gasteiger partial charge on any atom is -0.507 e. The van der Waals surface area contributed by atoms with Gasteiger partial charge < -0.3 is 20.8 Å². The third-order valence-corrected chi connectivity index (χ3v) is 10.7. The predicted octanol–water partition coefficient (Wildman–Crippen LogP) is 13.2. The molecule has 0 bridgehead atoms. The fraction of sp³-hybridized carbons (Fsp3) is 0.521. The highest BCUT2D eigenvalue weighted by molar-refractivity contribution is 5.70. The SMILES string of the molecule is CCCCCCCCC1=Cc2ccccc2C1c1nc(Nc2cc(C(C)(C)C)c(O)c(C(C)(C)C)c2)nc(Nc2cc(C(C)(C)C)c(O)c(C(C)(C)C)c2)n1. The van der Waals surface area contributed by atoms with Crippen molar-refractivity contribution < 1.29 is 10.2 Å². The van der Waals surface area contributed by atoms with E-state index < -0.39 is 0 Å². The minimum atomic E-state index is -0.295. The van der Waals surface area contributed by atoms with Gasteiger partial charge in [0, 0.05) is 33.6 Å². The maximum absolute atomic E-state index is 11.5. The van der Waals surface area contributed by atoms with E-state index in [1.807, 2.05) is 24.3 Å². The van der Waals surface area contributed by atoms with Crippen LogP contribution in [0.3, 0.4) is 0 Å². The van der Waals surface area contributed by atoms with Gasteiger partial charge in [-0.15, -0.1) is 0 Å². The summed E-state index contributed by atoms with van der Waals surface area (Å²) in [6, 6.07) is 16.6. The zero-order valence-corrected chi connectivity index (χ0v) is 36.0. The lowest BCUT2D eigenvalue weighted by atomic mass is 9.79. The van der Waals surface area contributed by atoms with Crippen molar-refractivity contribution in [1.82, 2.24) is 15.0 Å². The normalized spacial score (nSPS) is 14.9. The molecule has 1 aliphatic rings. The molecule has 1 atom stereocenters. The van der Waals surface area contributed by atoms with Crippen molar-refractivity contribution in [3.63, 3.8) is 0 Å². The van der Waals surface area contributed by atoms with E-state index in [-0.39, 0.29) is 27.6 Å². The van der Waals surface area contributed by atoms with Crippen molar-refractivity contribution in [2.75, 3.05) is 10.6 Å². The van der Waals surface area contributed by atoms with Crippen molar-refractivity contribution in [3.8, 4) is 11.5 Å². The second-order valence-electron chi connectivity index (χ2n) is 19.7. The molecule has 0 radical (unpaired) electrons. The summed E-state index contributed by atoms with van der Waals surface area (Å²) in [6.45, 7) is 27.7. The third-order valence-electron chi connectivity index (χ3n) is 10.7. The van der Waals surface area contributed by atoms with Crippen molar-refractivity contribution >= 4 is 29.3 Å². The number of anilines is 4. The molecular weight excluding hydrogens is 679 g/mol. The molecule has 1 aromatic heterocycles. The molecule has 0 amide bonds. The highest BCUT2D eigenvalue weighted by Crippen LogP contribution is 2.45. The molecule has 55 heavy (non-hydrogen) atoms. The summed E-state index contributed by atoms with van der Waals surface area (Å²) in [6.07, 6.45) is 10.7. The first kappa shape index (κ1) is 41.8. The summed E-state index contributed by atoms with van der Waals surface area (Å²) in [7, 11) is 0. The summed E-state index contributed by atoms with van der Waals surface area (Å²) < 4.78 is 0. The van der Waals surface area contributed by atoms with Crippen LogP contribution >= 0.6 is 0 Å². The van der Waals surface area contributed by atoms with Gasteiger partial charge in [-0.05, 0) is 69.9 Å². The Morgan fingerprint density at radius 2 is 0.982 bits per heavy atom. The number of hydrogen-bond donors (Lipinski definition) is 4. The van der Waals surface area contributed by atoms with E-state index in [4.69, 9.17) is 15.0 Å². The molecule has 5 rings (SSSR count). The fourth-order valence-electron chi connectivity index (χ4n) is 7.61. The molecule has 0 spiro atoms. The Balaban J connectivity index is 1.66. The first-order chi connectivity index (χ1) is 25.6. The van der Waals surface area contributed by atoms with Crippen molar-refractivity contribution in [1.29, 1.82) is 0 Å². The van der Waals surface area contributed by atoms with Crippen LogP contribution in [0.2, 0.25) is 0 Å². The quantitative estimate of drug-likeness (QED) is 0.0845. The average Bonchev–Trinajstić information content (AvgIpc) is 3.44. The number of nitrogens with one attached hydrogen (secondary N) is 2. The van der Waals surface area contributed by atoms with E-state index in [9.17, 15) is 10.2 Å². The van der Waals surface area contributed by atoms with Crippen LogP contribution in [0.4, 0.5) is 23.3 Å². The summed E-state index contributed by atoms with van der Waals surface area (Å²) in [5.74, 6) is 2.07. The Bertz CT molecular complexity index is 1850. The number of phenols is 2. The molecule has 7 nitrogen and oxygen atoms in total. The molecular formula is C48H67N5O2. The van der Waals surface area contributed by atoms with Crippen LogP contribution in [0, 0.1) is 0 Å². The van der Waals surface area contributed by atoms with Gasteiger partial charge in [0.25, 0.3) is 0 Å². The van der Waals surface area contributed by atoms with Crippen LogP contribution in [0.15, 0.2) is 54.1 Å². The van der Waals surface area contributed by atoms with E-state index in [0.29, 0.717) is 29.2 Å². The van der Waals surface area contributed by atoms with Gasteiger partial charge in [0.05, 0.1) is 5.92 Å². The number of nitrogens with zero attached hydrogens (tertiary/aromatic N) is 3. The van der Waals surface area contributed by atoms with E-state index in [0.717, 1.165) is 46.5 Å². The number of phenolic OH excluding ortho intramolecular Hbond substituents is 2. The summed E-state index contributed by atoms with van der Waals surface area (Å²) in [5.41, 5.74) is 7.61. The van der Waals surface area contributed by atoms with Crippen LogP contribution in [0.25, 0.3) is 6.08 Å². The van der Waals surface area contributed by atoms with E-state index in [2.05, 4.69) is 131 Å². The molecule has 1 unspecified atom stereocenters. The van der Waals surface area contributed by atoms with Gasteiger partial charge in [0.15, 0.2) is 0 Å². The first-order valence-electron chi connectivity index (χ1n) is 20.4.